The fourth-order valence-electron chi connectivity index (χ4n) is 1.52. The van der Waals surface area contributed by atoms with E-state index in [1.54, 1.807) is 0 Å². The van der Waals surface area contributed by atoms with E-state index < -0.39 is 6.09 Å². The Balaban J connectivity index is 3.08. The lowest BCUT2D eigenvalue weighted by Gasteiger charge is -2.19. The third-order valence-electron chi connectivity index (χ3n) is 2.32. The average Bonchev–Trinajstić information content (AvgIpc) is 2.20. The fraction of sp³-hybridized carbons (Fsp3) is 0.364. The molecule has 0 atom stereocenters. The minimum Gasteiger partial charge on any atom is -0.465 e. The summed E-state index contributed by atoms with van der Waals surface area (Å²) in [5.74, 6) is 0. The molecule has 4 nitrogen and oxygen atoms in total. The van der Waals surface area contributed by atoms with E-state index in [0.29, 0.717) is 6.54 Å². The van der Waals surface area contributed by atoms with Crippen molar-refractivity contribution in [1.82, 2.24) is 0 Å². The molecule has 0 spiro atoms. The molecular formula is C11H16N2O2. The van der Waals surface area contributed by atoms with E-state index in [9.17, 15) is 4.79 Å². The highest BCUT2D eigenvalue weighted by Gasteiger charge is 2.13. The fourth-order valence-corrected chi connectivity index (χ4v) is 1.52. The average molecular weight is 208 g/mol. The quantitative estimate of drug-likeness (QED) is 0.802. The van der Waals surface area contributed by atoms with Crippen molar-refractivity contribution in [3.63, 3.8) is 0 Å². The van der Waals surface area contributed by atoms with Gasteiger partial charge < -0.3 is 10.4 Å². The predicted octanol–water partition coefficient (Wildman–Crippen LogP) is 2.54. The highest BCUT2D eigenvalue weighted by atomic mass is 16.4. The third kappa shape index (κ3) is 2.40. The van der Waals surface area contributed by atoms with Crippen LogP contribution < -0.4 is 10.2 Å². The summed E-state index contributed by atoms with van der Waals surface area (Å²) in [4.78, 5) is 12.3. The topological polar surface area (TPSA) is 52.6 Å². The standard InChI is InChI=1S/C11H16N2O2/c1-4-13(11(14)15)10-6-5-9(12-3)7-8(10)2/h5-7,12H,4H2,1-3H3,(H,14,15). The van der Waals surface area contributed by atoms with Crippen LogP contribution in [-0.4, -0.2) is 24.8 Å². The molecular weight excluding hydrogens is 192 g/mol. The Hall–Kier alpha value is -1.71. The van der Waals surface area contributed by atoms with Gasteiger partial charge in [0, 0.05) is 19.3 Å². The van der Waals surface area contributed by atoms with Crippen LogP contribution in [0.2, 0.25) is 0 Å². The molecule has 0 radical (unpaired) electrons. The van der Waals surface area contributed by atoms with Gasteiger partial charge in [-0.1, -0.05) is 0 Å². The van der Waals surface area contributed by atoms with E-state index in [1.807, 2.05) is 39.1 Å². The van der Waals surface area contributed by atoms with Crippen molar-refractivity contribution in [3.05, 3.63) is 23.8 Å². The zero-order chi connectivity index (χ0) is 11.4. The zero-order valence-corrected chi connectivity index (χ0v) is 9.24. The maximum absolute atomic E-state index is 10.9. The molecule has 0 saturated carbocycles. The van der Waals surface area contributed by atoms with Gasteiger partial charge in [-0.15, -0.1) is 0 Å². The summed E-state index contributed by atoms with van der Waals surface area (Å²) in [6.45, 7) is 4.18. The van der Waals surface area contributed by atoms with Crippen LogP contribution in [0.25, 0.3) is 0 Å². The number of aryl methyl sites for hydroxylation is 1. The number of carbonyl (C=O) groups is 1. The number of nitrogens with zero attached hydrogens (tertiary/aromatic N) is 1. The Kier molecular flexibility index (Phi) is 3.55. The maximum atomic E-state index is 10.9. The second-order valence-corrected chi connectivity index (χ2v) is 3.28. The van der Waals surface area contributed by atoms with Crippen LogP contribution in [0.3, 0.4) is 0 Å². The number of anilines is 2. The Morgan fingerprint density at radius 3 is 2.60 bits per heavy atom. The van der Waals surface area contributed by atoms with Crippen LogP contribution in [0.1, 0.15) is 12.5 Å². The lowest BCUT2D eigenvalue weighted by molar-refractivity contribution is 0.202. The summed E-state index contributed by atoms with van der Waals surface area (Å²) in [5, 5.41) is 12.0. The summed E-state index contributed by atoms with van der Waals surface area (Å²) < 4.78 is 0. The van der Waals surface area contributed by atoms with Gasteiger partial charge in [0.1, 0.15) is 0 Å². The molecule has 0 aliphatic heterocycles. The van der Waals surface area contributed by atoms with Crippen LogP contribution in [0.15, 0.2) is 18.2 Å². The summed E-state index contributed by atoms with van der Waals surface area (Å²) in [6.07, 6.45) is -0.919. The zero-order valence-electron chi connectivity index (χ0n) is 9.24. The van der Waals surface area contributed by atoms with Gasteiger partial charge in [-0.3, -0.25) is 4.90 Å². The second-order valence-electron chi connectivity index (χ2n) is 3.28. The molecule has 1 rings (SSSR count). The minimum atomic E-state index is -0.919. The van der Waals surface area contributed by atoms with Gasteiger partial charge in [-0.25, -0.2) is 4.79 Å². The van der Waals surface area contributed by atoms with Gasteiger partial charge >= 0.3 is 6.09 Å². The Morgan fingerprint density at radius 1 is 1.53 bits per heavy atom. The van der Waals surface area contributed by atoms with Gasteiger partial charge in [-0.2, -0.15) is 0 Å². The van der Waals surface area contributed by atoms with E-state index in [1.165, 1.54) is 4.90 Å². The first-order valence-corrected chi connectivity index (χ1v) is 4.89. The first-order valence-electron chi connectivity index (χ1n) is 4.89. The van der Waals surface area contributed by atoms with Gasteiger partial charge in [0.15, 0.2) is 0 Å². The number of nitrogens with one attached hydrogen (secondary N) is 1. The SMILES string of the molecule is CCN(C(=O)O)c1ccc(NC)cc1C. The van der Waals surface area contributed by atoms with Crippen LogP contribution in [0.5, 0.6) is 0 Å². The van der Waals surface area contributed by atoms with Crippen LogP contribution in [-0.2, 0) is 0 Å². The molecule has 2 N–H and O–H groups in total. The molecule has 0 fully saturated rings. The number of benzene rings is 1. The molecule has 15 heavy (non-hydrogen) atoms. The lowest BCUT2D eigenvalue weighted by Crippen LogP contribution is -2.29. The highest BCUT2D eigenvalue weighted by Crippen LogP contribution is 2.23. The molecule has 82 valence electrons. The third-order valence-corrected chi connectivity index (χ3v) is 2.32. The van der Waals surface area contributed by atoms with Crippen molar-refractivity contribution in [2.75, 3.05) is 23.8 Å². The van der Waals surface area contributed by atoms with E-state index in [-0.39, 0.29) is 0 Å². The normalized spacial score (nSPS) is 9.80. The van der Waals surface area contributed by atoms with Crippen molar-refractivity contribution in [2.24, 2.45) is 0 Å². The lowest BCUT2D eigenvalue weighted by atomic mass is 10.1. The monoisotopic (exact) mass is 208 g/mol. The van der Waals surface area contributed by atoms with Crippen molar-refractivity contribution < 1.29 is 9.90 Å². The van der Waals surface area contributed by atoms with Crippen LogP contribution >= 0.6 is 0 Å². The summed E-state index contributed by atoms with van der Waals surface area (Å²) >= 11 is 0. The van der Waals surface area contributed by atoms with Crippen molar-refractivity contribution in [2.45, 2.75) is 13.8 Å². The van der Waals surface area contributed by atoms with Crippen molar-refractivity contribution in [3.8, 4) is 0 Å². The van der Waals surface area contributed by atoms with Crippen LogP contribution in [0, 0.1) is 6.92 Å². The van der Waals surface area contributed by atoms with Crippen molar-refractivity contribution in [1.29, 1.82) is 0 Å². The van der Waals surface area contributed by atoms with E-state index in [2.05, 4.69) is 5.32 Å². The molecule has 0 aliphatic rings. The van der Waals surface area contributed by atoms with Crippen molar-refractivity contribution >= 4 is 17.5 Å². The number of carboxylic acid groups (broad SMARTS) is 1. The highest BCUT2D eigenvalue weighted by molar-refractivity contribution is 5.87. The Labute approximate surface area is 89.5 Å². The molecule has 0 aliphatic carbocycles. The summed E-state index contributed by atoms with van der Waals surface area (Å²) in [5.41, 5.74) is 2.67. The first kappa shape index (κ1) is 11.4. The minimum absolute atomic E-state index is 0.453. The van der Waals surface area contributed by atoms with E-state index in [0.717, 1.165) is 16.9 Å². The largest absolute Gasteiger partial charge is 0.465 e. The summed E-state index contributed by atoms with van der Waals surface area (Å²) in [6, 6.07) is 5.62. The molecule has 1 aromatic rings. The number of hydrogen-bond acceptors (Lipinski definition) is 2. The summed E-state index contributed by atoms with van der Waals surface area (Å²) in [7, 11) is 1.84. The van der Waals surface area contributed by atoms with Gasteiger partial charge in [0.25, 0.3) is 0 Å². The Bertz CT molecular complexity index is 364. The van der Waals surface area contributed by atoms with Crippen LogP contribution in [0.4, 0.5) is 16.2 Å². The molecule has 0 heterocycles. The number of hydrogen-bond donors (Lipinski definition) is 2. The van der Waals surface area contributed by atoms with Gasteiger partial charge in [-0.05, 0) is 37.6 Å². The number of rotatable bonds is 3. The van der Waals surface area contributed by atoms with E-state index >= 15 is 0 Å². The van der Waals surface area contributed by atoms with Gasteiger partial charge in [0.05, 0.1) is 5.69 Å². The maximum Gasteiger partial charge on any atom is 0.411 e. The molecule has 1 aromatic carbocycles. The predicted molar refractivity (Wildman–Crippen MR) is 61.8 cm³/mol. The van der Waals surface area contributed by atoms with Gasteiger partial charge in [0.2, 0.25) is 0 Å². The second kappa shape index (κ2) is 4.68. The molecule has 4 heteroatoms. The molecule has 0 unspecified atom stereocenters. The smallest absolute Gasteiger partial charge is 0.411 e. The molecule has 0 bridgehead atoms. The Morgan fingerprint density at radius 2 is 2.20 bits per heavy atom. The number of amides is 1. The molecule has 0 aromatic heterocycles. The first-order chi connectivity index (χ1) is 7.10. The molecule has 1 amide bonds. The van der Waals surface area contributed by atoms with E-state index in [4.69, 9.17) is 5.11 Å². The molecule has 0 saturated heterocycles.